The molecule has 0 aliphatic rings. The molecule has 0 bridgehead atoms. The van der Waals surface area contributed by atoms with Gasteiger partial charge >= 0.3 is 0 Å². The molecule has 0 aliphatic heterocycles. The molecule has 0 aliphatic carbocycles. The summed E-state index contributed by atoms with van der Waals surface area (Å²) in [6.45, 7) is 5.63. The average Bonchev–Trinajstić information content (AvgIpc) is 2.05. The molecule has 1 heteroatoms. The quantitative estimate of drug-likeness (QED) is 0.601. The highest BCUT2D eigenvalue weighted by Crippen LogP contribution is 2.01. The zero-order valence-corrected chi connectivity index (χ0v) is 7.74. The Kier molecular flexibility index (Phi) is 7.71. The van der Waals surface area contributed by atoms with Crippen LogP contribution in [0.2, 0.25) is 0 Å². The minimum Gasteiger partial charge on any atom is -0.393 e. The molecule has 0 aromatic rings. The van der Waals surface area contributed by atoms with Gasteiger partial charge in [-0.1, -0.05) is 50.3 Å². The lowest BCUT2D eigenvalue weighted by Crippen LogP contribution is -2.02. The summed E-state index contributed by atoms with van der Waals surface area (Å²) in [5, 5.41) is 9.31. The van der Waals surface area contributed by atoms with Crippen molar-refractivity contribution in [1.82, 2.24) is 0 Å². The van der Waals surface area contributed by atoms with Crippen molar-refractivity contribution in [2.75, 3.05) is 0 Å². The third-order valence-electron chi connectivity index (χ3n) is 1.52. The van der Waals surface area contributed by atoms with Crippen LogP contribution in [0.3, 0.4) is 0 Å². The van der Waals surface area contributed by atoms with Gasteiger partial charge < -0.3 is 5.11 Å². The van der Waals surface area contributed by atoms with Crippen molar-refractivity contribution in [2.24, 2.45) is 0 Å². The summed E-state index contributed by atoms with van der Waals surface area (Å²) in [5.41, 5.74) is 0. The lowest BCUT2D eigenvalue weighted by molar-refractivity contribution is 0.167. The number of hydrogen-bond donors (Lipinski definition) is 1. The first kappa shape index (κ1) is 11.2. The second-order valence-corrected chi connectivity index (χ2v) is 2.73. The van der Waals surface area contributed by atoms with Gasteiger partial charge in [0.25, 0.3) is 0 Å². The summed E-state index contributed by atoms with van der Waals surface area (Å²) in [7, 11) is 0. The fourth-order valence-electron chi connectivity index (χ4n) is 0.908. The summed E-state index contributed by atoms with van der Waals surface area (Å²) in [6.07, 6.45) is 11.9. The third-order valence-corrected chi connectivity index (χ3v) is 1.52. The molecule has 0 saturated heterocycles. The molecule has 0 saturated carbocycles. The van der Waals surface area contributed by atoms with Gasteiger partial charge in [0, 0.05) is 0 Å². The molecule has 68 valence electrons. The molecular formula is C11H18O. The largest absolute Gasteiger partial charge is 0.393 e. The predicted molar refractivity (Wildman–Crippen MR) is 54.0 cm³/mol. The topological polar surface area (TPSA) is 20.2 Å². The zero-order valence-electron chi connectivity index (χ0n) is 7.74. The Labute approximate surface area is 75.1 Å². The summed E-state index contributed by atoms with van der Waals surface area (Å²) in [4.78, 5) is 0. The molecule has 0 rings (SSSR count). The van der Waals surface area contributed by atoms with Crippen molar-refractivity contribution < 1.29 is 5.11 Å². The first-order chi connectivity index (χ1) is 5.81. The molecule has 1 N–H and O–H groups in total. The van der Waals surface area contributed by atoms with E-state index in [9.17, 15) is 5.11 Å². The van der Waals surface area contributed by atoms with Crippen molar-refractivity contribution in [3.8, 4) is 0 Å². The molecule has 0 heterocycles. The van der Waals surface area contributed by atoms with Crippen molar-refractivity contribution >= 4 is 0 Å². The van der Waals surface area contributed by atoms with Gasteiger partial charge in [0.2, 0.25) is 0 Å². The minimum atomic E-state index is -0.177. The van der Waals surface area contributed by atoms with E-state index in [1.165, 1.54) is 0 Å². The molecule has 0 aromatic heterocycles. The normalized spacial score (nSPS) is 14.2. The van der Waals surface area contributed by atoms with Crippen molar-refractivity contribution in [3.63, 3.8) is 0 Å². The van der Waals surface area contributed by atoms with E-state index in [2.05, 4.69) is 13.5 Å². The maximum atomic E-state index is 9.31. The molecule has 1 atom stereocenters. The number of aliphatic hydroxyl groups is 1. The highest BCUT2D eigenvalue weighted by molar-refractivity contribution is 5.08. The standard InChI is InChI=1S/C11H18O/c1-3-5-6-7-8-10-11(12)9-4-2/h3,5-8,11-12H,1,4,9-10H2,2H3/b6-5+,8-7?. The highest BCUT2D eigenvalue weighted by Gasteiger charge is 1.96. The van der Waals surface area contributed by atoms with Crippen molar-refractivity contribution in [3.05, 3.63) is 37.0 Å². The Hall–Kier alpha value is -0.820. The van der Waals surface area contributed by atoms with Crippen LogP contribution in [-0.2, 0) is 0 Å². The van der Waals surface area contributed by atoms with Gasteiger partial charge in [-0.25, -0.2) is 0 Å². The van der Waals surface area contributed by atoms with E-state index in [1.54, 1.807) is 6.08 Å². The summed E-state index contributed by atoms with van der Waals surface area (Å²) in [5.74, 6) is 0. The summed E-state index contributed by atoms with van der Waals surface area (Å²) < 4.78 is 0. The van der Waals surface area contributed by atoms with Gasteiger partial charge in [-0.05, 0) is 12.8 Å². The number of allylic oxidation sites excluding steroid dienone is 4. The molecule has 0 radical (unpaired) electrons. The third kappa shape index (κ3) is 7.29. The molecule has 1 nitrogen and oxygen atoms in total. The number of hydrogen-bond acceptors (Lipinski definition) is 1. The number of rotatable bonds is 6. The van der Waals surface area contributed by atoms with Crippen LogP contribution >= 0.6 is 0 Å². The Bertz CT molecular complexity index is 156. The van der Waals surface area contributed by atoms with E-state index in [4.69, 9.17) is 0 Å². The lowest BCUT2D eigenvalue weighted by Gasteiger charge is -2.03. The molecule has 1 unspecified atom stereocenters. The Morgan fingerprint density at radius 2 is 2.08 bits per heavy atom. The van der Waals surface area contributed by atoms with Crippen LogP contribution in [-0.4, -0.2) is 11.2 Å². The Morgan fingerprint density at radius 1 is 1.33 bits per heavy atom. The van der Waals surface area contributed by atoms with E-state index in [0.29, 0.717) is 0 Å². The number of aliphatic hydroxyl groups excluding tert-OH is 1. The maximum Gasteiger partial charge on any atom is 0.0574 e. The van der Waals surface area contributed by atoms with Crippen LogP contribution in [0.4, 0.5) is 0 Å². The van der Waals surface area contributed by atoms with Gasteiger partial charge in [0.05, 0.1) is 6.10 Å². The van der Waals surface area contributed by atoms with Crippen LogP contribution in [0.5, 0.6) is 0 Å². The predicted octanol–water partition coefficient (Wildman–Crippen LogP) is 2.84. The van der Waals surface area contributed by atoms with Crippen molar-refractivity contribution in [1.29, 1.82) is 0 Å². The zero-order chi connectivity index (χ0) is 9.23. The first-order valence-corrected chi connectivity index (χ1v) is 4.43. The highest BCUT2D eigenvalue weighted by atomic mass is 16.3. The molecule has 0 spiro atoms. The minimum absolute atomic E-state index is 0.177. The van der Waals surface area contributed by atoms with Gasteiger partial charge in [0.1, 0.15) is 0 Å². The molecular weight excluding hydrogens is 148 g/mol. The van der Waals surface area contributed by atoms with Crippen LogP contribution in [0.25, 0.3) is 0 Å². The first-order valence-electron chi connectivity index (χ1n) is 4.43. The maximum absolute atomic E-state index is 9.31. The smallest absolute Gasteiger partial charge is 0.0574 e. The second kappa shape index (κ2) is 8.28. The van der Waals surface area contributed by atoms with E-state index in [-0.39, 0.29) is 6.10 Å². The van der Waals surface area contributed by atoms with Crippen LogP contribution in [0, 0.1) is 0 Å². The van der Waals surface area contributed by atoms with Crippen LogP contribution in [0.1, 0.15) is 26.2 Å². The van der Waals surface area contributed by atoms with E-state index >= 15 is 0 Å². The van der Waals surface area contributed by atoms with E-state index in [1.807, 2.05) is 24.3 Å². The van der Waals surface area contributed by atoms with Gasteiger partial charge in [-0.3, -0.25) is 0 Å². The van der Waals surface area contributed by atoms with Gasteiger partial charge in [0.15, 0.2) is 0 Å². The Balaban J connectivity index is 3.45. The van der Waals surface area contributed by atoms with Crippen LogP contribution < -0.4 is 0 Å². The fourth-order valence-corrected chi connectivity index (χ4v) is 0.908. The Morgan fingerprint density at radius 3 is 2.67 bits per heavy atom. The molecule has 0 fully saturated rings. The van der Waals surface area contributed by atoms with E-state index in [0.717, 1.165) is 19.3 Å². The molecule has 0 aromatic carbocycles. The monoisotopic (exact) mass is 166 g/mol. The molecule has 12 heavy (non-hydrogen) atoms. The molecule has 0 amide bonds. The summed E-state index contributed by atoms with van der Waals surface area (Å²) in [6, 6.07) is 0. The lowest BCUT2D eigenvalue weighted by atomic mass is 10.1. The average molecular weight is 166 g/mol. The van der Waals surface area contributed by atoms with Gasteiger partial charge in [-0.2, -0.15) is 0 Å². The summed E-state index contributed by atoms with van der Waals surface area (Å²) >= 11 is 0. The van der Waals surface area contributed by atoms with Gasteiger partial charge in [-0.15, -0.1) is 0 Å². The SMILES string of the molecule is C=C/C=C/C=CCC(O)CCC. The second-order valence-electron chi connectivity index (χ2n) is 2.73. The van der Waals surface area contributed by atoms with E-state index < -0.39 is 0 Å². The fraction of sp³-hybridized carbons (Fsp3) is 0.455. The van der Waals surface area contributed by atoms with Crippen molar-refractivity contribution in [2.45, 2.75) is 32.3 Å². The van der Waals surface area contributed by atoms with Crippen LogP contribution in [0.15, 0.2) is 37.0 Å².